The standard InChI is InChI=1S/C19H33NOS/c21-18-16-14-12-10-8-6-4-2-1-3-5-7-9-11-13-15-17-20-19-22/h15,17-18H,1-14,16H2/b17-15-. The van der Waals surface area contributed by atoms with Crippen LogP contribution in [-0.4, -0.2) is 11.4 Å². The lowest BCUT2D eigenvalue weighted by Crippen LogP contribution is -1.83. The third-order valence-electron chi connectivity index (χ3n) is 3.93. The second-order valence-corrected chi connectivity index (χ2v) is 6.13. The molecule has 0 aliphatic rings. The molecule has 0 saturated heterocycles. The van der Waals surface area contributed by atoms with Gasteiger partial charge in [-0.3, -0.25) is 0 Å². The minimum absolute atomic E-state index is 0.747. The van der Waals surface area contributed by atoms with E-state index in [1.165, 1.54) is 77.0 Å². The summed E-state index contributed by atoms with van der Waals surface area (Å²) >= 11 is 4.49. The molecule has 0 heterocycles. The van der Waals surface area contributed by atoms with Crippen LogP contribution in [0.15, 0.2) is 17.3 Å². The Hall–Kier alpha value is -0.790. The largest absolute Gasteiger partial charge is 0.303 e. The van der Waals surface area contributed by atoms with Gasteiger partial charge in [-0.25, -0.2) is 4.99 Å². The monoisotopic (exact) mass is 323 g/mol. The summed E-state index contributed by atoms with van der Waals surface area (Å²) in [5.74, 6) is 0. The van der Waals surface area contributed by atoms with E-state index in [2.05, 4.69) is 28.4 Å². The van der Waals surface area contributed by atoms with Gasteiger partial charge < -0.3 is 4.79 Å². The van der Waals surface area contributed by atoms with E-state index in [-0.39, 0.29) is 0 Å². The number of carbonyl (C=O) groups is 1. The minimum Gasteiger partial charge on any atom is -0.303 e. The van der Waals surface area contributed by atoms with Crippen molar-refractivity contribution in [1.29, 1.82) is 0 Å². The first kappa shape index (κ1) is 21.2. The Morgan fingerprint density at radius 2 is 1.09 bits per heavy atom. The van der Waals surface area contributed by atoms with Crippen molar-refractivity contribution in [1.82, 2.24) is 0 Å². The van der Waals surface area contributed by atoms with Crippen molar-refractivity contribution in [2.45, 2.75) is 96.3 Å². The molecule has 0 atom stereocenters. The predicted molar refractivity (Wildman–Crippen MR) is 99.5 cm³/mol. The lowest BCUT2D eigenvalue weighted by molar-refractivity contribution is -0.107. The van der Waals surface area contributed by atoms with Gasteiger partial charge in [-0.15, -0.1) is 0 Å². The van der Waals surface area contributed by atoms with Gasteiger partial charge in [0, 0.05) is 12.6 Å². The normalized spacial score (nSPS) is 10.7. The minimum atomic E-state index is 0.747. The molecule has 0 radical (unpaired) electrons. The van der Waals surface area contributed by atoms with Crippen molar-refractivity contribution >= 4 is 23.7 Å². The zero-order chi connectivity index (χ0) is 16.1. The van der Waals surface area contributed by atoms with E-state index in [9.17, 15) is 4.79 Å². The van der Waals surface area contributed by atoms with Crippen LogP contribution in [0.4, 0.5) is 0 Å². The summed E-state index contributed by atoms with van der Waals surface area (Å²) in [6.45, 7) is 0. The van der Waals surface area contributed by atoms with Crippen molar-refractivity contribution in [3.8, 4) is 0 Å². The average Bonchev–Trinajstić information content (AvgIpc) is 2.54. The van der Waals surface area contributed by atoms with Gasteiger partial charge in [0.15, 0.2) is 0 Å². The molecule has 0 rings (SSSR count). The van der Waals surface area contributed by atoms with Gasteiger partial charge in [-0.05, 0) is 31.5 Å². The second-order valence-electron chi connectivity index (χ2n) is 5.95. The zero-order valence-electron chi connectivity index (χ0n) is 14.1. The van der Waals surface area contributed by atoms with E-state index >= 15 is 0 Å². The summed E-state index contributed by atoms with van der Waals surface area (Å²) in [6, 6.07) is 0. The van der Waals surface area contributed by atoms with E-state index in [1.54, 1.807) is 6.20 Å². The number of nitrogens with zero attached hydrogens (tertiary/aromatic N) is 1. The average molecular weight is 324 g/mol. The molecular weight excluding hydrogens is 290 g/mol. The van der Waals surface area contributed by atoms with Gasteiger partial charge in [-0.1, -0.05) is 76.7 Å². The Labute approximate surface area is 142 Å². The smallest absolute Gasteiger partial charge is 0.119 e. The van der Waals surface area contributed by atoms with Crippen LogP contribution in [0.3, 0.4) is 0 Å². The third-order valence-corrected chi connectivity index (χ3v) is 4.03. The third kappa shape index (κ3) is 19.2. The summed E-state index contributed by atoms with van der Waals surface area (Å²) in [5.41, 5.74) is 0. The molecule has 0 unspecified atom stereocenters. The molecule has 0 aromatic heterocycles. The van der Waals surface area contributed by atoms with Gasteiger partial charge in [0.25, 0.3) is 0 Å². The predicted octanol–water partition coefficient (Wildman–Crippen LogP) is 6.65. The molecule has 22 heavy (non-hydrogen) atoms. The van der Waals surface area contributed by atoms with Gasteiger partial charge in [-0.2, -0.15) is 0 Å². The van der Waals surface area contributed by atoms with Crippen molar-refractivity contribution in [2.75, 3.05) is 0 Å². The Morgan fingerprint density at radius 3 is 1.50 bits per heavy atom. The fraction of sp³-hybridized carbons (Fsp3) is 0.789. The van der Waals surface area contributed by atoms with E-state index in [1.807, 2.05) is 0 Å². The number of unbranched alkanes of at least 4 members (excludes halogenated alkanes) is 14. The Morgan fingerprint density at radius 1 is 0.682 bits per heavy atom. The van der Waals surface area contributed by atoms with Crippen LogP contribution in [0.25, 0.3) is 0 Å². The molecule has 0 saturated carbocycles. The first-order valence-corrected chi connectivity index (χ1v) is 9.48. The number of allylic oxidation sites excluding steroid dienone is 1. The maximum atomic E-state index is 10.2. The van der Waals surface area contributed by atoms with Crippen LogP contribution in [0, 0.1) is 0 Å². The highest BCUT2D eigenvalue weighted by atomic mass is 32.1. The fourth-order valence-corrected chi connectivity index (χ4v) is 2.65. The lowest BCUT2D eigenvalue weighted by atomic mass is 10.0. The Balaban J connectivity index is 3.02. The highest BCUT2D eigenvalue weighted by molar-refractivity contribution is 7.78. The molecule has 3 heteroatoms. The first-order valence-electron chi connectivity index (χ1n) is 9.07. The molecule has 0 amide bonds. The van der Waals surface area contributed by atoms with E-state index in [4.69, 9.17) is 0 Å². The molecule has 126 valence electrons. The quantitative estimate of drug-likeness (QED) is 0.130. The summed E-state index contributed by atoms with van der Waals surface area (Å²) in [5, 5.41) is 2.33. The van der Waals surface area contributed by atoms with Gasteiger partial charge in [0.05, 0.1) is 5.16 Å². The van der Waals surface area contributed by atoms with Crippen molar-refractivity contribution in [2.24, 2.45) is 4.99 Å². The molecule has 2 nitrogen and oxygen atoms in total. The van der Waals surface area contributed by atoms with E-state index in [0.29, 0.717) is 0 Å². The Kier molecular flexibility index (Phi) is 19.5. The Bertz CT molecular complexity index is 309. The van der Waals surface area contributed by atoms with Crippen molar-refractivity contribution in [3.05, 3.63) is 12.3 Å². The molecule has 0 aromatic carbocycles. The molecule has 0 fully saturated rings. The number of hydrogen-bond acceptors (Lipinski definition) is 3. The highest BCUT2D eigenvalue weighted by Gasteiger charge is 1.94. The molecule has 0 N–H and O–H groups in total. The topological polar surface area (TPSA) is 29.4 Å². The van der Waals surface area contributed by atoms with Crippen molar-refractivity contribution < 1.29 is 4.79 Å². The molecular formula is C19H33NOS. The van der Waals surface area contributed by atoms with Crippen LogP contribution >= 0.6 is 12.2 Å². The van der Waals surface area contributed by atoms with Crippen LogP contribution < -0.4 is 0 Å². The SMILES string of the molecule is O=CCCCCCCCCCCCCCCC/C=C\N=C=S. The van der Waals surface area contributed by atoms with Crippen LogP contribution in [0.5, 0.6) is 0 Å². The molecule has 0 bridgehead atoms. The maximum absolute atomic E-state index is 10.2. The van der Waals surface area contributed by atoms with Crippen molar-refractivity contribution in [3.63, 3.8) is 0 Å². The molecule has 0 spiro atoms. The molecule has 0 aliphatic heterocycles. The number of aldehydes is 1. The summed E-state index contributed by atoms with van der Waals surface area (Å²) in [4.78, 5) is 13.9. The number of carbonyl (C=O) groups excluding carboxylic acids is 1. The number of isothiocyanates is 1. The zero-order valence-corrected chi connectivity index (χ0v) is 14.9. The van der Waals surface area contributed by atoms with Gasteiger partial charge >= 0.3 is 0 Å². The fourth-order valence-electron chi connectivity index (χ4n) is 2.59. The van der Waals surface area contributed by atoms with Gasteiger partial charge in [0.2, 0.25) is 0 Å². The lowest BCUT2D eigenvalue weighted by Gasteiger charge is -2.02. The molecule has 0 aromatic rings. The summed E-state index contributed by atoms with van der Waals surface area (Å²) < 4.78 is 0. The summed E-state index contributed by atoms with van der Waals surface area (Å²) in [6.07, 6.45) is 23.9. The van der Waals surface area contributed by atoms with Gasteiger partial charge in [0.1, 0.15) is 6.29 Å². The number of hydrogen-bond donors (Lipinski definition) is 0. The van der Waals surface area contributed by atoms with E-state index < -0.39 is 0 Å². The van der Waals surface area contributed by atoms with Crippen LogP contribution in [-0.2, 0) is 4.79 Å². The van der Waals surface area contributed by atoms with Crippen LogP contribution in [0.1, 0.15) is 96.3 Å². The number of rotatable bonds is 17. The van der Waals surface area contributed by atoms with Crippen LogP contribution in [0.2, 0.25) is 0 Å². The molecule has 0 aliphatic carbocycles. The number of thiocarbonyl (C=S) groups is 1. The van der Waals surface area contributed by atoms with E-state index in [0.717, 1.165) is 25.5 Å². The number of aliphatic imine (C=N–C) groups is 1. The highest BCUT2D eigenvalue weighted by Crippen LogP contribution is 2.13. The second kappa shape index (κ2) is 20.2. The first-order chi connectivity index (χ1) is 10.9. The summed E-state index contributed by atoms with van der Waals surface area (Å²) in [7, 11) is 0. The maximum Gasteiger partial charge on any atom is 0.119 e.